The fraction of sp³-hybridized carbons (Fsp3) is 0.115. The van der Waals surface area contributed by atoms with Crippen LogP contribution in [0.3, 0.4) is 0 Å². The zero-order valence-electron chi connectivity index (χ0n) is 30.5. The van der Waals surface area contributed by atoms with Crippen molar-refractivity contribution in [2.45, 2.75) is 38.0 Å². The summed E-state index contributed by atoms with van der Waals surface area (Å²) in [5.74, 6) is 0. The molecular formula is C52H40N2. The fourth-order valence-electron chi connectivity index (χ4n) is 9.95. The summed E-state index contributed by atoms with van der Waals surface area (Å²) in [4.78, 5) is 2.43. The van der Waals surface area contributed by atoms with Crippen molar-refractivity contribution in [1.29, 1.82) is 0 Å². The van der Waals surface area contributed by atoms with Crippen LogP contribution in [0.15, 0.2) is 182 Å². The molecule has 1 heterocycles. The van der Waals surface area contributed by atoms with Gasteiger partial charge in [-0.05, 0) is 130 Å². The van der Waals surface area contributed by atoms with E-state index >= 15 is 0 Å². The third-order valence-corrected chi connectivity index (χ3v) is 12.2. The third-order valence-electron chi connectivity index (χ3n) is 12.2. The monoisotopic (exact) mass is 692 g/mol. The van der Waals surface area contributed by atoms with Gasteiger partial charge in [0.05, 0.1) is 16.4 Å². The van der Waals surface area contributed by atoms with Gasteiger partial charge in [-0.1, -0.05) is 129 Å². The fourth-order valence-corrected chi connectivity index (χ4v) is 9.95. The van der Waals surface area contributed by atoms with Crippen LogP contribution in [0, 0.1) is 0 Å². The predicted octanol–water partition coefficient (Wildman–Crippen LogP) is 13.6. The predicted molar refractivity (Wildman–Crippen MR) is 227 cm³/mol. The van der Waals surface area contributed by atoms with Crippen LogP contribution in [-0.2, 0) is 11.8 Å². The second-order valence-electron chi connectivity index (χ2n) is 15.1. The van der Waals surface area contributed by atoms with E-state index in [1.165, 1.54) is 90.4 Å². The Hall–Kier alpha value is -6.38. The van der Waals surface area contributed by atoms with Gasteiger partial charge in [-0.3, -0.25) is 0 Å². The normalized spacial score (nSPS) is 16.3. The second kappa shape index (κ2) is 12.1. The van der Waals surface area contributed by atoms with Gasteiger partial charge in [-0.2, -0.15) is 0 Å². The molecule has 0 radical (unpaired) electrons. The smallest absolute Gasteiger partial charge is 0.0692 e. The lowest BCUT2D eigenvalue weighted by molar-refractivity contribution is 0.742. The molecule has 0 N–H and O–H groups in total. The van der Waals surface area contributed by atoms with Crippen molar-refractivity contribution >= 4 is 44.4 Å². The van der Waals surface area contributed by atoms with E-state index in [4.69, 9.17) is 0 Å². The van der Waals surface area contributed by atoms with E-state index in [0.717, 1.165) is 29.9 Å². The summed E-state index contributed by atoms with van der Waals surface area (Å²) >= 11 is 0. The van der Waals surface area contributed by atoms with E-state index in [-0.39, 0.29) is 5.41 Å². The van der Waals surface area contributed by atoms with Gasteiger partial charge in [0.25, 0.3) is 0 Å². The molecule has 54 heavy (non-hydrogen) atoms. The summed E-state index contributed by atoms with van der Waals surface area (Å²) in [7, 11) is 0. The Morgan fingerprint density at radius 1 is 0.556 bits per heavy atom. The molecular weight excluding hydrogens is 653 g/mol. The van der Waals surface area contributed by atoms with Crippen LogP contribution in [0.1, 0.15) is 54.0 Å². The number of aryl methyl sites for hydroxylation is 1. The maximum Gasteiger partial charge on any atom is 0.0692 e. The maximum atomic E-state index is 2.55. The van der Waals surface area contributed by atoms with E-state index in [1.54, 1.807) is 0 Å². The lowest BCUT2D eigenvalue weighted by Gasteiger charge is -2.34. The number of benzene rings is 7. The van der Waals surface area contributed by atoms with Crippen LogP contribution in [0.2, 0.25) is 0 Å². The quantitative estimate of drug-likeness (QED) is 0.161. The van der Waals surface area contributed by atoms with Gasteiger partial charge in [0, 0.05) is 33.5 Å². The zero-order chi connectivity index (χ0) is 35.8. The van der Waals surface area contributed by atoms with Gasteiger partial charge >= 0.3 is 0 Å². The molecule has 0 saturated heterocycles. The summed E-state index contributed by atoms with van der Waals surface area (Å²) in [6.07, 6.45) is 9.25. The molecule has 2 heteroatoms. The van der Waals surface area contributed by atoms with Gasteiger partial charge < -0.3 is 9.47 Å². The molecule has 0 fully saturated rings. The van der Waals surface area contributed by atoms with Crippen molar-refractivity contribution in [2.75, 3.05) is 4.90 Å². The molecule has 0 bridgehead atoms. The van der Waals surface area contributed by atoms with Crippen LogP contribution in [-0.4, -0.2) is 4.57 Å². The van der Waals surface area contributed by atoms with Crippen LogP contribution in [0.4, 0.5) is 17.1 Å². The Labute approximate surface area is 317 Å². The van der Waals surface area contributed by atoms with Crippen LogP contribution in [0.5, 0.6) is 0 Å². The number of aromatic nitrogens is 1. The highest BCUT2D eigenvalue weighted by Gasteiger charge is 2.53. The SMILES string of the molecule is CCCCc1ccc2c(c1)C1(C3=C2C=CC3)c2ccccc2-c2ccc(N(c3ccccc3)c3ccc(-n4c5ccccc5c5ccccc54)cc3)cc21. The number of nitrogens with zero attached hydrogens (tertiary/aromatic N) is 2. The first-order valence-corrected chi connectivity index (χ1v) is 19.5. The first-order chi connectivity index (χ1) is 26.8. The largest absolute Gasteiger partial charge is 0.310 e. The average molecular weight is 693 g/mol. The van der Waals surface area contributed by atoms with E-state index in [2.05, 4.69) is 192 Å². The molecule has 258 valence electrons. The van der Waals surface area contributed by atoms with Gasteiger partial charge in [-0.15, -0.1) is 0 Å². The molecule has 0 amide bonds. The molecule has 1 unspecified atom stereocenters. The van der Waals surface area contributed by atoms with Crippen molar-refractivity contribution < 1.29 is 0 Å². The van der Waals surface area contributed by atoms with Crippen molar-refractivity contribution in [3.8, 4) is 16.8 Å². The first kappa shape index (κ1) is 31.2. The van der Waals surface area contributed by atoms with Crippen molar-refractivity contribution in [1.82, 2.24) is 4.57 Å². The molecule has 8 aromatic rings. The Balaban J connectivity index is 1.10. The lowest BCUT2D eigenvalue weighted by atomic mass is 9.68. The topological polar surface area (TPSA) is 8.17 Å². The highest BCUT2D eigenvalue weighted by atomic mass is 15.1. The standard InChI is InChI=1S/C52H40N2/c1-2-3-14-35-25-31-42-41-20-13-22-47(41)52(48(42)33-35)46-21-10-7-17-40(46)43-32-30-39(34-49(43)52)53(36-15-5-4-6-16-36)37-26-28-38(29-27-37)54-50-23-11-8-18-44(50)45-19-9-12-24-51(45)54/h4-13,15-21,23-34H,2-3,14,22H2,1H3. The average Bonchev–Trinajstić information content (AvgIpc) is 3.98. The van der Waals surface area contributed by atoms with Gasteiger partial charge in [0.1, 0.15) is 0 Å². The molecule has 3 aliphatic carbocycles. The summed E-state index contributed by atoms with van der Waals surface area (Å²) < 4.78 is 2.39. The zero-order valence-corrected chi connectivity index (χ0v) is 30.5. The minimum Gasteiger partial charge on any atom is -0.310 e. The molecule has 7 aromatic carbocycles. The van der Waals surface area contributed by atoms with E-state index in [9.17, 15) is 0 Å². The van der Waals surface area contributed by atoms with Crippen LogP contribution >= 0.6 is 0 Å². The Morgan fingerprint density at radius 2 is 1.19 bits per heavy atom. The first-order valence-electron chi connectivity index (χ1n) is 19.5. The highest BCUT2D eigenvalue weighted by Crippen LogP contribution is 2.64. The number of para-hydroxylation sites is 3. The molecule has 0 saturated carbocycles. The minimum atomic E-state index is -0.318. The van der Waals surface area contributed by atoms with Gasteiger partial charge in [0.2, 0.25) is 0 Å². The minimum absolute atomic E-state index is 0.318. The molecule has 1 spiro atoms. The molecule has 1 aromatic heterocycles. The Morgan fingerprint density at radius 3 is 1.96 bits per heavy atom. The van der Waals surface area contributed by atoms with Crippen molar-refractivity contribution in [3.63, 3.8) is 0 Å². The van der Waals surface area contributed by atoms with Crippen LogP contribution < -0.4 is 4.90 Å². The van der Waals surface area contributed by atoms with Gasteiger partial charge in [-0.25, -0.2) is 0 Å². The summed E-state index contributed by atoms with van der Waals surface area (Å²) in [6, 6.07) is 61.2. The summed E-state index contributed by atoms with van der Waals surface area (Å²) in [6.45, 7) is 2.29. The molecule has 0 aliphatic heterocycles. The second-order valence-corrected chi connectivity index (χ2v) is 15.1. The molecule has 1 atom stereocenters. The Kier molecular flexibility index (Phi) is 6.97. The summed E-state index contributed by atoms with van der Waals surface area (Å²) in [5, 5.41) is 2.55. The van der Waals surface area contributed by atoms with Crippen LogP contribution in [0.25, 0.3) is 44.2 Å². The number of anilines is 3. The molecule has 11 rings (SSSR count). The maximum absolute atomic E-state index is 2.55. The Bertz CT molecular complexity index is 2780. The van der Waals surface area contributed by atoms with Crippen molar-refractivity contribution in [3.05, 3.63) is 209 Å². The lowest BCUT2D eigenvalue weighted by Crippen LogP contribution is -2.27. The van der Waals surface area contributed by atoms with E-state index in [1.807, 2.05) is 0 Å². The van der Waals surface area contributed by atoms with E-state index < -0.39 is 0 Å². The number of hydrogen-bond acceptors (Lipinski definition) is 1. The number of unbranched alkanes of at least 4 members (excludes halogenated alkanes) is 1. The molecule has 2 nitrogen and oxygen atoms in total. The van der Waals surface area contributed by atoms with E-state index in [0.29, 0.717) is 0 Å². The van der Waals surface area contributed by atoms with Gasteiger partial charge in [0.15, 0.2) is 0 Å². The number of allylic oxidation sites excluding steroid dienone is 4. The highest BCUT2D eigenvalue weighted by molar-refractivity contribution is 6.09. The number of rotatable bonds is 7. The summed E-state index contributed by atoms with van der Waals surface area (Å²) in [5.41, 5.74) is 19.5. The third kappa shape index (κ3) is 4.34. The number of hydrogen-bond donors (Lipinski definition) is 0. The molecule has 3 aliphatic rings. The van der Waals surface area contributed by atoms with Crippen molar-refractivity contribution in [2.24, 2.45) is 0 Å². The number of fused-ring (bicyclic) bond motifs is 12.